The van der Waals surface area contributed by atoms with Gasteiger partial charge in [-0.2, -0.15) is 0 Å². The summed E-state index contributed by atoms with van der Waals surface area (Å²) in [6.07, 6.45) is 4.87. The lowest BCUT2D eigenvalue weighted by atomic mass is 10.4. The Bertz CT molecular complexity index is 466. The van der Waals surface area contributed by atoms with Crippen molar-refractivity contribution in [3.8, 4) is 0 Å². The minimum Gasteiger partial charge on any atom is -0.331 e. The van der Waals surface area contributed by atoms with E-state index in [4.69, 9.17) is 0 Å². The molecule has 0 bridgehead atoms. The Morgan fingerprint density at radius 1 is 1.44 bits per heavy atom. The van der Waals surface area contributed by atoms with Gasteiger partial charge in [-0.05, 0) is 26.3 Å². The number of imidazole rings is 1. The Hall–Kier alpha value is -0.880. The molecule has 0 aliphatic carbocycles. The van der Waals surface area contributed by atoms with Crippen molar-refractivity contribution in [1.29, 1.82) is 0 Å². The average molecular weight is 273 g/mol. The highest BCUT2D eigenvalue weighted by atomic mass is 32.2. The lowest BCUT2D eigenvalue weighted by Gasteiger charge is -2.10. The highest BCUT2D eigenvalue weighted by molar-refractivity contribution is 7.90. The first-order valence-corrected chi connectivity index (χ1v) is 8.39. The third-order valence-corrected chi connectivity index (χ3v) is 3.80. The summed E-state index contributed by atoms with van der Waals surface area (Å²) >= 11 is 0. The van der Waals surface area contributed by atoms with Crippen LogP contribution in [0.25, 0.3) is 0 Å². The van der Waals surface area contributed by atoms with Gasteiger partial charge in [0.1, 0.15) is 15.7 Å². The molecule has 1 heterocycles. The van der Waals surface area contributed by atoms with Gasteiger partial charge in [-0.25, -0.2) is 13.4 Å². The third-order valence-electron chi connectivity index (χ3n) is 2.77. The molecule has 0 aliphatic rings. The van der Waals surface area contributed by atoms with Gasteiger partial charge in [0.25, 0.3) is 0 Å². The lowest BCUT2D eigenvalue weighted by molar-refractivity contribution is 0.573. The fourth-order valence-corrected chi connectivity index (χ4v) is 2.49. The summed E-state index contributed by atoms with van der Waals surface area (Å²) < 4.78 is 24.3. The molecule has 1 aromatic heterocycles. The molecule has 0 radical (unpaired) electrons. The summed E-state index contributed by atoms with van der Waals surface area (Å²) in [7, 11) is -2.87. The molecule has 1 rings (SSSR count). The topological polar surface area (TPSA) is 64.0 Å². The maximum absolute atomic E-state index is 11.1. The average Bonchev–Trinajstić information content (AvgIpc) is 2.60. The molecule has 104 valence electrons. The Kier molecular flexibility index (Phi) is 5.81. The smallest absolute Gasteiger partial charge is 0.147 e. The molecule has 0 saturated carbocycles. The first-order valence-electron chi connectivity index (χ1n) is 6.33. The lowest BCUT2D eigenvalue weighted by Crippen LogP contribution is -2.18. The summed E-state index contributed by atoms with van der Waals surface area (Å²) in [5.74, 6) is 1.17. The van der Waals surface area contributed by atoms with Crippen molar-refractivity contribution in [1.82, 2.24) is 14.9 Å². The molecule has 0 amide bonds. The fraction of sp³-hybridized carbons (Fsp3) is 0.750. The quantitative estimate of drug-likeness (QED) is 0.721. The van der Waals surface area contributed by atoms with E-state index in [1.807, 2.05) is 13.1 Å². The van der Waals surface area contributed by atoms with Gasteiger partial charge in [-0.15, -0.1) is 0 Å². The predicted octanol–water partition coefficient (Wildman–Crippen LogP) is 1.13. The summed E-state index contributed by atoms with van der Waals surface area (Å²) in [5, 5.41) is 3.33. The van der Waals surface area contributed by atoms with Crippen molar-refractivity contribution < 1.29 is 8.42 Å². The van der Waals surface area contributed by atoms with E-state index in [2.05, 4.69) is 21.8 Å². The fourth-order valence-electron chi connectivity index (χ4n) is 1.84. The van der Waals surface area contributed by atoms with Crippen LogP contribution >= 0.6 is 0 Å². The highest BCUT2D eigenvalue weighted by Crippen LogP contribution is 2.06. The number of rotatable bonds is 8. The number of nitrogens with zero attached hydrogens (tertiary/aromatic N) is 2. The number of hydrogen-bond donors (Lipinski definition) is 1. The van der Waals surface area contributed by atoms with E-state index in [0.29, 0.717) is 13.0 Å². The summed E-state index contributed by atoms with van der Waals surface area (Å²) in [5.41, 5.74) is 1.12. The van der Waals surface area contributed by atoms with Crippen LogP contribution in [0.4, 0.5) is 0 Å². The predicted molar refractivity (Wildman–Crippen MR) is 73.3 cm³/mol. The van der Waals surface area contributed by atoms with Gasteiger partial charge in [-0.3, -0.25) is 0 Å². The van der Waals surface area contributed by atoms with E-state index >= 15 is 0 Å². The Morgan fingerprint density at radius 2 is 2.17 bits per heavy atom. The van der Waals surface area contributed by atoms with E-state index in [9.17, 15) is 8.42 Å². The Labute approximate surface area is 110 Å². The van der Waals surface area contributed by atoms with Crippen molar-refractivity contribution in [3.63, 3.8) is 0 Å². The minimum absolute atomic E-state index is 0.229. The van der Waals surface area contributed by atoms with Gasteiger partial charge in [-0.1, -0.05) is 6.92 Å². The Morgan fingerprint density at radius 3 is 2.78 bits per heavy atom. The van der Waals surface area contributed by atoms with Gasteiger partial charge in [0.2, 0.25) is 0 Å². The molecule has 0 spiro atoms. The third kappa shape index (κ3) is 5.18. The molecule has 6 heteroatoms. The van der Waals surface area contributed by atoms with Crippen LogP contribution in [0.15, 0.2) is 6.20 Å². The van der Waals surface area contributed by atoms with Gasteiger partial charge in [0.15, 0.2) is 0 Å². The van der Waals surface area contributed by atoms with Gasteiger partial charge >= 0.3 is 0 Å². The van der Waals surface area contributed by atoms with Gasteiger partial charge in [0, 0.05) is 25.5 Å². The SMILES string of the molecule is CCCNCc1cnc(C)n1CCCS(C)(=O)=O. The van der Waals surface area contributed by atoms with Crippen LogP contribution in [0, 0.1) is 6.92 Å². The van der Waals surface area contributed by atoms with Crippen LogP contribution < -0.4 is 5.32 Å². The van der Waals surface area contributed by atoms with Crippen molar-refractivity contribution >= 4 is 9.84 Å². The molecule has 0 aromatic carbocycles. The second-order valence-corrected chi connectivity index (χ2v) is 6.87. The van der Waals surface area contributed by atoms with Crippen LogP contribution in [-0.4, -0.2) is 36.5 Å². The van der Waals surface area contributed by atoms with E-state index in [-0.39, 0.29) is 5.75 Å². The zero-order valence-corrected chi connectivity index (χ0v) is 12.3. The number of nitrogens with one attached hydrogen (secondary N) is 1. The summed E-state index contributed by atoms with van der Waals surface area (Å²) in [4.78, 5) is 4.28. The maximum Gasteiger partial charge on any atom is 0.147 e. The molecule has 1 N–H and O–H groups in total. The number of aromatic nitrogens is 2. The van der Waals surface area contributed by atoms with Crippen LogP contribution in [0.3, 0.4) is 0 Å². The highest BCUT2D eigenvalue weighted by Gasteiger charge is 2.08. The monoisotopic (exact) mass is 273 g/mol. The molecular weight excluding hydrogens is 250 g/mol. The van der Waals surface area contributed by atoms with Crippen molar-refractivity contribution in [3.05, 3.63) is 17.7 Å². The van der Waals surface area contributed by atoms with E-state index in [1.54, 1.807) is 0 Å². The molecular formula is C12H23N3O2S. The van der Waals surface area contributed by atoms with E-state index < -0.39 is 9.84 Å². The minimum atomic E-state index is -2.87. The normalized spacial score (nSPS) is 11.9. The van der Waals surface area contributed by atoms with Crippen LogP contribution in [0.2, 0.25) is 0 Å². The zero-order valence-electron chi connectivity index (χ0n) is 11.4. The van der Waals surface area contributed by atoms with Crippen molar-refractivity contribution in [2.75, 3.05) is 18.6 Å². The molecule has 0 unspecified atom stereocenters. The van der Waals surface area contributed by atoms with Crippen LogP contribution in [0.5, 0.6) is 0 Å². The number of sulfone groups is 1. The molecule has 1 aromatic rings. The molecule has 0 fully saturated rings. The standard InChI is InChI=1S/C12H23N3O2S/c1-4-6-13-9-12-10-14-11(2)15(12)7-5-8-18(3,16)17/h10,13H,4-9H2,1-3H3. The van der Waals surface area contributed by atoms with Gasteiger partial charge < -0.3 is 9.88 Å². The summed E-state index contributed by atoms with van der Waals surface area (Å²) in [6, 6.07) is 0. The maximum atomic E-state index is 11.1. The first-order chi connectivity index (χ1) is 8.44. The van der Waals surface area contributed by atoms with Crippen molar-refractivity contribution in [2.45, 2.75) is 39.8 Å². The van der Waals surface area contributed by atoms with Crippen LogP contribution in [-0.2, 0) is 22.9 Å². The van der Waals surface area contributed by atoms with Crippen molar-refractivity contribution in [2.24, 2.45) is 0 Å². The Balaban J connectivity index is 2.55. The molecule has 0 aliphatic heterocycles. The molecule has 0 atom stereocenters. The number of aryl methyl sites for hydroxylation is 1. The van der Waals surface area contributed by atoms with Crippen LogP contribution in [0.1, 0.15) is 31.3 Å². The molecule has 5 nitrogen and oxygen atoms in total. The largest absolute Gasteiger partial charge is 0.331 e. The molecule has 0 saturated heterocycles. The number of hydrogen-bond acceptors (Lipinski definition) is 4. The molecule has 18 heavy (non-hydrogen) atoms. The van der Waals surface area contributed by atoms with E-state index in [1.165, 1.54) is 6.26 Å². The van der Waals surface area contributed by atoms with Gasteiger partial charge in [0.05, 0.1) is 11.4 Å². The second-order valence-electron chi connectivity index (χ2n) is 4.61. The first kappa shape index (κ1) is 15.2. The zero-order chi connectivity index (χ0) is 13.6. The second kappa shape index (κ2) is 6.89. The summed E-state index contributed by atoms with van der Waals surface area (Å²) in [6.45, 7) is 6.55. The van der Waals surface area contributed by atoms with E-state index in [0.717, 1.165) is 31.0 Å².